The van der Waals surface area contributed by atoms with Crippen LogP contribution in [0.5, 0.6) is 0 Å². The van der Waals surface area contributed by atoms with Gasteiger partial charge in [-0.3, -0.25) is 14.5 Å². The average Bonchev–Trinajstić information content (AvgIpc) is 3.52. The van der Waals surface area contributed by atoms with Crippen LogP contribution in [0.15, 0.2) is 78.9 Å². The number of anilines is 1. The second-order valence-electron chi connectivity index (χ2n) is 9.51. The van der Waals surface area contributed by atoms with Crippen molar-refractivity contribution < 1.29 is 18.4 Å². The molecule has 2 saturated heterocycles. The predicted octanol–water partition coefficient (Wildman–Crippen LogP) is 5.27. The lowest BCUT2D eigenvalue weighted by Crippen LogP contribution is -2.52. The van der Waals surface area contributed by atoms with Gasteiger partial charge >= 0.3 is 0 Å². The first-order valence-electron chi connectivity index (χ1n) is 11.9. The van der Waals surface area contributed by atoms with Crippen molar-refractivity contribution in [2.75, 3.05) is 11.9 Å². The van der Waals surface area contributed by atoms with Crippen molar-refractivity contribution in [3.63, 3.8) is 0 Å². The van der Waals surface area contributed by atoms with E-state index in [0.717, 1.165) is 29.7 Å². The number of para-hydroxylation sites is 1. The maximum absolute atomic E-state index is 14.0. The van der Waals surface area contributed by atoms with Crippen LogP contribution in [0.25, 0.3) is 6.08 Å². The molecule has 4 atom stereocenters. The van der Waals surface area contributed by atoms with Crippen LogP contribution in [0.3, 0.4) is 0 Å². The fraction of sp³-hybridized carbons (Fsp3) is 0.241. The van der Waals surface area contributed by atoms with Crippen molar-refractivity contribution in [3.8, 4) is 0 Å². The summed E-state index contributed by atoms with van der Waals surface area (Å²) in [5.74, 6) is -2.03. The number of ketones is 1. The minimum atomic E-state index is -1.14. The van der Waals surface area contributed by atoms with Gasteiger partial charge in [0.15, 0.2) is 5.78 Å². The third kappa shape index (κ3) is 3.27. The van der Waals surface area contributed by atoms with E-state index < -0.39 is 11.5 Å². The molecule has 3 aromatic carbocycles. The molecule has 6 rings (SSSR count). The molecule has 0 saturated carbocycles. The molecule has 2 fully saturated rings. The molecule has 4 nitrogen and oxygen atoms in total. The molecular formula is C29H24F2N2O2. The Bertz CT molecular complexity index is 1340. The highest BCUT2D eigenvalue weighted by atomic mass is 19.1. The van der Waals surface area contributed by atoms with Gasteiger partial charge in [0.25, 0.3) is 0 Å². The molecule has 1 amide bonds. The Hall–Kier alpha value is -3.64. The minimum Gasteiger partial charge on any atom is -0.324 e. The molecule has 0 unspecified atom stereocenters. The van der Waals surface area contributed by atoms with E-state index in [0.29, 0.717) is 12.1 Å². The predicted molar refractivity (Wildman–Crippen MR) is 130 cm³/mol. The van der Waals surface area contributed by atoms with Crippen molar-refractivity contribution in [1.82, 2.24) is 4.90 Å². The van der Waals surface area contributed by atoms with Crippen molar-refractivity contribution in [3.05, 3.63) is 107 Å². The van der Waals surface area contributed by atoms with Crippen LogP contribution < -0.4 is 5.32 Å². The van der Waals surface area contributed by atoms with Crippen LogP contribution in [0.2, 0.25) is 0 Å². The summed E-state index contributed by atoms with van der Waals surface area (Å²) in [5.41, 5.74) is 1.95. The Balaban J connectivity index is 1.52. The third-order valence-corrected chi connectivity index (χ3v) is 7.78. The number of nitrogens with one attached hydrogen (secondary N) is 1. The van der Waals surface area contributed by atoms with Gasteiger partial charge in [-0.1, -0.05) is 48.5 Å². The Labute approximate surface area is 202 Å². The van der Waals surface area contributed by atoms with Gasteiger partial charge in [0, 0.05) is 23.2 Å². The summed E-state index contributed by atoms with van der Waals surface area (Å²) in [6.45, 7) is 0.704. The van der Waals surface area contributed by atoms with E-state index in [1.54, 1.807) is 30.3 Å². The smallest absolute Gasteiger partial charge is 0.250 e. The lowest BCUT2D eigenvalue weighted by molar-refractivity contribution is -0.134. The van der Waals surface area contributed by atoms with Gasteiger partial charge < -0.3 is 5.32 Å². The van der Waals surface area contributed by atoms with Crippen LogP contribution in [0.1, 0.15) is 35.4 Å². The summed E-state index contributed by atoms with van der Waals surface area (Å²) in [6.07, 6.45) is 4.95. The number of carbonyl (C=O) groups excluding carboxylic acids is 2. The average molecular weight is 471 g/mol. The Morgan fingerprint density at radius 3 is 2.40 bits per heavy atom. The summed E-state index contributed by atoms with van der Waals surface area (Å²) in [5, 5.41) is 3.03. The van der Waals surface area contributed by atoms with Gasteiger partial charge in [0.1, 0.15) is 17.2 Å². The van der Waals surface area contributed by atoms with E-state index in [9.17, 15) is 18.4 Å². The standard InChI is InChI=1S/C29H24F2N2O2/c30-20-12-7-18(8-13-20)9-16-25(34)27-26(19-10-14-21(31)15-11-19)24-6-3-17-33(24)29(27)22-4-1-2-5-23(22)32-28(29)35/h1-2,4-5,7-16,24,26-27H,3,6,17H2,(H,32,35)/b16-9+/t24-,26-,27+,29+/m1/s1. The fourth-order valence-electron chi connectivity index (χ4n) is 6.46. The van der Waals surface area contributed by atoms with Gasteiger partial charge in [-0.2, -0.15) is 0 Å². The van der Waals surface area contributed by atoms with E-state index in [2.05, 4.69) is 10.2 Å². The number of carbonyl (C=O) groups is 2. The second-order valence-corrected chi connectivity index (χ2v) is 9.51. The highest BCUT2D eigenvalue weighted by Crippen LogP contribution is 2.60. The highest BCUT2D eigenvalue weighted by Gasteiger charge is 2.68. The van der Waals surface area contributed by atoms with E-state index in [-0.39, 0.29) is 35.3 Å². The fourth-order valence-corrected chi connectivity index (χ4v) is 6.46. The van der Waals surface area contributed by atoms with E-state index in [4.69, 9.17) is 0 Å². The number of nitrogens with zero attached hydrogens (tertiary/aromatic N) is 1. The molecule has 3 aliphatic heterocycles. The number of fused-ring (bicyclic) bond motifs is 4. The monoisotopic (exact) mass is 470 g/mol. The van der Waals surface area contributed by atoms with Crippen LogP contribution >= 0.6 is 0 Å². The van der Waals surface area contributed by atoms with E-state index in [1.165, 1.54) is 30.3 Å². The molecule has 0 aromatic heterocycles. The summed E-state index contributed by atoms with van der Waals surface area (Å²) in [7, 11) is 0. The molecule has 0 radical (unpaired) electrons. The third-order valence-electron chi connectivity index (χ3n) is 7.78. The number of halogens is 2. The van der Waals surface area contributed by atoms with Gasteiger partial charge in [0.05, 0.1) is 5.92 Å². The largest absolute Gasteiger partial charge is 0.324 e. The molecule has 6 heteroatoms. The molecular weight excluding hydrogens is 446 g/mol. The molecule has 35 heavy (non-hydrogen) atoms. The molecule has 3 aromatic rings. The Kier molecular flexibility index (Phi) is 5.15. The summed E-state index contributed by atoms with van der Waals surface area (Å²) in [6, 6.07) is 19.8. The van der Waals surface area contributed by atoms with Gasteiger partial charge in [-0.05, 0) is 66.9 Å². The summed E-state index contributed by atoms with van der Waals surface area (Å²) < 4.78 is 27.2. The Morgan fingerprint density at radius 2 is 1.66 bits per heavy atom. The molecule has 1 spiro atoms. The van der Waals surface area contributed by atoms with Gasteiger partial charge in [-0.15, -0.1) is 0 Å². The molecule has 0 aliphatic carbocycles. The van der Waals surface area contributed by atoms with Gasteiger partial charge in [-0.25, -0.2) is 8.78 Å². The molecule has 0 bridgehead atoms. The van der Waals surface area contributed by atoms with Crippen LogP contribution in [-0.2, 0) is 15.1 Å². The lowest BCUT2D eigenvalue weighted by Gasteiger charge is -2.36. The topological polar surface area (TPSA) is 49.4 Å². The SMILES string of the molecule is O=C(/C=C/c1ccc(F)cc1)[C@H]1[C@H](c2ccc(F)cc2)[C@H]2CCCN2[C@]12C(=O)Nc1ccccc12. The number of benzene rings is 3. The zero-order valence-electron chi connectivity index (χ0n) is 19.0. The zero-order valence-corrected chi connectivity index (χ0v) is 19.0. The number of allylic oxidation sites excluding steroid dienone is 1. The number of amides is 1. The van der Waals surface area contributed by atoms with Gasteiger partial charge in [0.2, 0.25) is 5.91 Å². The van der Waals surface area contributed by atoms with Crippen molar-refractivity contribution in [2.45, 2.75) is 30.3 Å². The van der Waals surface area contributed by atoms with Crippen molar-refractivity contribution in [2.24, 2.45) is 5.92 Å². The number of hydrogen-bond acceptors (Lipinski definition) is 3. The van der Waals surface area contributed by atoms with Crippen molar-refractivity contribution >= 4 is 23.5 Å². The molecule has 176 valence electrons. The highest BCUT2D eigenvalue weighted by molar-refractivity contribution is 6.11. The first-order chi connectivity index (χ1) is 17.0. The first kappa shape index (κ1) is 21.9. The molecule has 3 heterocycles. The van der Waals surface area contributed by atoms with Crippen molar-refractivity contribution in [1.29, 1.82) is 0 Å². The minimum absolute atomic E-state index is 0.0226. The zero-order chi connectivity index (χ0) is 24.2. The summed E-state index contributed by atoms with van der Waals surface area (Å²) >= 11 is 0. The maximum atomic E-state index is 14.0. The van der Waals surface area contributed by atoms with Crippen LogP contribution in [-0.4, -0.2) is 29.2 Å². The molecule has 1 N–H and O–H groups in total. The second kappa shape index (κ2) is 8.24. The summed E-state index contributed by atoms with van der Waals surface area (Å²) in [4.78, 5) is 30.1. The normalized spacial score (nSPS) is 27.4. The quantitative estimate of drug-likeness (QED) is 0.529. The number of hydrogen-bond donors (Lipinski definition) is 1. The Morgan fingerprint density at radius 1 is 0.971 bits per heavy atom. The number of rotatable bonds is 4. The van der Waals surface area contributed by atoms with Crippen LogP contribution in [0.4, 0.5) is 14.5 Å². The molecule has 3 aliphatic rings. The maximum Gasteiger partial charge on any atom is 0.250 e. The van der Waals surface area contributed by atoms with E-state index in [1.807, 2.05) is 24.3 Å². The first-order valence-corrected chi connectivity index (χ1v) is 11.9. The van der Waals surface area contributed by atoms with E-state index >= 15 is 0 Å². The van der Waals surface area contributed by atoms with Crippen LogP contribution in [0, 0.1) is 17.6 Å². The lowest BCUT2D eigenvalue weighted by atomic mass is 9.70.